The number of fused-ring (bicyclic) bond motifs is 1. The number of hydrogen-bond acceptors (Lipinski definition) is 5. The number of anilines is 1. The lowest BCUT2D eigenvalue weighted by Crippen LogP contribution is -2.36. The van der Waals surface area contributed by atoms with Crippen LogP contribution in [0.3, 0.4) is 0 Å². The molecule has 0 saturated heterocycles. The summed E-state index contributed by atoms with van der Waals surface area (Å²) < 4.78 is 12.8. The first-order valence-corrected chi connectivity index (χ1v) is 11.2. The van der Waals surface area contributed by atoms with Crippen molar-refractivity contribution in [2.45, 2.75) is 40.2 Å². The van der Waals surface area contributed by atoms with Crippen LogP contribution in [0.1, 0.15) is 37.9 Å². The molecule has 0 spiro atoms. The van der Waals surface area contributed by atoms with Crippen LogP contribution in [0.15, 0.2) is 24.3 Å². The van der Waals surface area contributed by atoms with E-state index in [0.717, 1.165) is 25.1 Å². The molecule has 0 bridgehead atoms. The maximum atomic E-state index is 12.7. The highest BCUT2D eigenvalue weighted by molar-refractivity contribution is 6.31. The van der Waals surface area contributed by atoms with Gasteiger partial charge < -0.3 is 19.7 Å². The van der Waals surface area contributed by atoms with Gasteiger partial charge in [0, 0.05) is 36.5 Å². The normalized spacial score (nSPS) is 12.8. The number of ether oxygens (including phenoxy) is 2. The summed E-state index contributed by atoms with van der Waals surface area (Å²) in [6.45, 7) is 7.81. The van der Waals surface area contributed by atoms with E-state index in [4.69, 9.17) is 21.1 Å². The third-order valence-electron chi connectivity index (χ3n) is 5.08. The van der Waals surface area contributed by atoms with E-state index in [2.05, 4.69) is 17.3 Å². The van der Waals surface area contributed by atoms with Crippen molar-refractivity contribution in [1.29, 1.82) is 0 Å². The topological polar surface area (TPSA) is 85.7 Å². The predicted octanol–water partition coefficient (Wildman–Crippen LogP) is 3.92. The molecule has 1 aromatic carbocycles. The summed E-state index contributed by atoms with van der Waals surface area (Å²) in [4.78, 5) is 26.6. The number of carbonyl (C=O) groups excluding carboxylic acids is 2. The summed E-state index contributed by atoms with van der Waals surface area (Å²) in [5, 5.41) is 7.75. The molecule has 8 nitrogen and oxygen atoms in total. The van der Waals surface area contributed by atoms with E-state index >= 15 is 0 Å². The zero-order valence-electron chi connectivity index (χ0n) is 18.7. The van der Waals surface area contributed by atoms with Gasteiger partial charge in [-0.05, 0) is 38.5 Å². The minimum atomic E-state index is -0.299. The van der Waals surface area contributed by atoms with Gasteiger partial charge in [-0.2, -0.15) is 5.10 Å². The molecule has 0 saturated carbocycles. The molecule has 0 radical (unpaired) electrons. The number of nitrogens with one attached hydrogen (secondary N) is 1. The zero-order chi connectivity index (χ0) is 23.1. The highest BCUT2D eigenvalue weighted by Crippen LogP contribution is 2.32. The number of hydrogen-bond donors (Lipinski definition) is 1. The number of benzene rings is 1. The summed E-state index contributed by atoms with van der Waals surface area (Å²) in [6.07, 6.45) is 5.11. The molecule has 2 aromatic rings. The van der Waals surface area contributed by atoms with Crippen LogP contribution in [0.25, 0.3) is 6.08 Å². The molecular weight excluding hydrogens is 432 g/mol. The van der Waals surface area contributed by atoms with Crippen LogP contribution in [0.2, 0.25) is 5.15 Å². The van der Waals surface area contributed by atoms with E-state index < -0.39 is 0 Å². The highest BCUT2D eigenvalue weighted by atomic mass is 35.5. The molecule has 9 heteroatoms. The first-order valence-electron chi connectivity index (χ1n) is 10.8. The summed E-state index contributed by atoms with van der Waals surface area (Å²) >= 11 is 6.43. The van der Waals surface area contributed by atoms with Gasteiger partial charge in [0.25, 0.3) is 0 Å². The van der Waals surface area contributed by atoms with Gasteiger partial charge in [-0.1, -0.05) is 24.9 Å². The second-order valence-electron chi connectivity index (χ2n) is 7.46. The molecule has 1 aliphatic rings. The molecule has 2 amide bonds. The van der Waals surface area contributed by atoms with E-state index in [1.165, 1.54) is 11.0 Å². The Morgan fingerprint density at radius 2 is 2.00 bits per heavy atom. The van der Waals surface area contributed by atoms with Gasteiger partial charge in [-0.15, -0.1) is 0 Å². The Labute approximate surface area is 193 Å². The smallest absolute Gasteiger partial charge is 0.247 e. The third kappa shape index (κ3) is 5.82. The Kier molecular flexibility index (Phi) is 8.16. The van der Waals surface area contributed by atoms with Crippen molar-refractivity contribution in [2.75, 3.05) is 31.6 Å². The molecule has 0 fully saturated rings. The standard InChI is InChI=1S/C23H29ClN4O4/c1-4-6-11-28-23(24)18(16(3)26-28)8-10-22(30)27(5-2)15-21(29)25-17-7-9-19-20(14-17)32-13-12-31-19/h7-10,14H,4-6,11-13,15H2,1-3H3,(H,25,29)/b10-8+. The SMILES string of the molecule is CCCCn1nc(C)c(/C=C/C(=O)N(CC)CC(=O)Nc2ccc3c(c2)OCCO3)c1Cl. The second-order valence-corrected chi connectivity index (χ2v) is 7.82. The number of unbranched alkanes of at least 4 members (excludes halogenated alkanes) is 1. The summed E-state index contributed by atoms with van der Waals surface area (Å²) in [5.74, 6) is 0.664. The summed E-state index contributed by atoms with van der Waals surface area (Å²) in [5.41, 5.74) is 2.06. The Morgan fingerprint density at radius 3 is 2.72 bits per heavy atom. The number of amides is 2. The molecule has 1 N–H and O–H groups in total. The maximum absolute atomic E-state index is 12.7. The molecule has 2 heterocycles. The number of likely N-dealkylation sites (N-methyl/N-ethyl adjacent to an activating group) is 1. The second kappa shape index (κ2) is 11.0. The van der Waals surface area contributed by atoms with Crippen molar-refractivity contribution in [3.05, 3.63) is 40.7 Å². The van der Waals surface area contributed by atoms with Gasteiger partial charge in [0.05, 0.1) is 5.69 Å². The Morgan fingerprint density at radius 1 is 1.25 bits per heavy atom. The van der Waals surface area contributed by atoms with Gasteiger partial charge in [-0.3, -0.25) is 14.3 Å². The van der Waals surface area contributed by atoms with Gasteiger partial charge in [0.1, 0.15) is 24.9 Å². The van der Waals surface area contributed by atoms with Crippen molar-refractivity contribution in [3.63, 3.8) is 0 Å². The fourth-order valence-electron chi connectivity index (χ4n) is 3.31. The summed E-state index contributed by atoms with van der Waals surface area (Å²) in [6, 6.07) is 5.21. The maximum Gasteiger partial charge on any atom is 0.247 e. The number of aromatic nitrogens is 2. The molecule has 0 unspecified atom stereocenters. The molecule has 32 heavy (non-hydrogen) atoms. The minimum absolute atomic E-state index is 0.0728. The van der Waals surface area contributed by atoms with Crippen molar-refractivity contribution in [3.8, 4) is 11.5 Å². The van der Waals surface area contributed by atoms with Crippen LogP contribution >= 0.6 is 11.6 Å². The molecule has 3 rings (SSSR count). The third-order valence-corrected chi connectivity index (χ3v) is 5.48. The lowest BCUT2D eigenvalue weighted by molar-refractivity contribution is -0.130. The first kappa shape index (κ1) is 23.7. The van der Waals surface area contributed by atoms with E-state index in [1.807, 2.05) is 13.8 Å². The molecule has 0 atom stereocenters. The minimum Gasteiger partial charge on any atom is -0.486 e. The van der Waals surface area contributed by atoms with Crippen LogP contribution in [0, 0.1) is 6.92 Å². The van der Waals surface area contributed by atoms with Crippen LogP contribution < -0.4 is 14.8 Å². The van der Waals surface area contributed by atoms with Crippen LogP contribution in [0.4, 0.5) is 5.69 Å². The Hall–Kier alpha value is -3.00. The van der Waals surface area contributed by atoms with Gasteiger partial charge >= 0.3 is 0 Å². The van der Waals surface area contributed by atoms with Crippen LogP contribution in [-0.4, -0.2) is 52.8 Å². The fourth-order valence-corrected chi connectivity index (χ4v) is 3.64. The van der Waals surface area contributed by atoms with E-state index in [9.17, 15) is 9.59 Å². The molecule has 0 aliphatic carbocycles. The molecule has 172 valence electrons. The lowest BCUT2D eigenvalue weighted by atomic mass is 10.2. The number of aryl methyl sites for hydroxylation is 2. The van der Waals surface area contributed by atoms with Crippen molar-refractivity contribution in [2.24, 2.45) is 0 Å². The number of halogens is 1. The number of rotatable bonds is 9. The van der Waals surface area contributed by atoms with Crippen LogP contribution in [-0.2, 0) is 16.1 Å². The van der Waals surface area contributed by atoms with Crippen molar-refractivity contribution in [1.82, 2.24) is 14.7 Å². The zero-order valence-corrected chi connectivity index (χ0v) is 19.4. The largest absolute Gasteiger partial charge is 0.486 e. The van der Waals surface area contributed by atoms with Gasteiger partial charge in [0.2, 0.25) is 11.8 Å². The molecule has 1 aliphatic heterocycles. The average molecular weight is 461 g/mol. The van der Waals surface area contributed by atoms with E-state index in [1.54, 1.807) is 29.0 Å². The van der Waals surface area contributed by atoms with Crippen molar-refractivity contribution >= 4 is 35.2 Å². The number of nitrogens with zero attached hydrogens (tertiary/aromatic N) is 3. The summed E-state index contributed by atoms with van der Waals surface area (Å²) in [7, 11) is 0. The number of carbonyl (C=O) groups is 2. The predicted molar refractivity (Wildman–Crippen MR) is 124 cm³/mol. The highest BCUT2D eigenvalue weighted by Gasteiger charge is 2.17. The monoisotopic (exact) mass is 460 g/mol. The average Bonchev–Trinajstić information content (AvgIpc) is 3.06. The fraction of sp³-hybridized carbons (Fsp3) is 0.435. The van der Waals surface area contributed by atoms with E-state index in [0.29, 0.717) is 47.7 Å². The molecule has 1 aromatic heterocycles. The Bertz CT molecular complexity index is 1000. The van der Waals surface area contributed by atoms with Crippen molar-refractivity contribution < 1.29 is 19.1 Å². The van der Waals surface area contributed by atoms with Crippen LogP contribution in [0.5, 0.6) is 11.5 Å². The van der Waals surface area contributed by atoms with Gasteiger partial charge in [-0.25, -0.2) is 0 Å². The van der Waals surface area contributed by atoms with E-state index in [-0.39, 0.29) is 18.4 Å². The first-order chi connectivity index (χ1) is 15.4. The quantitative estimate of drug-likeness (QED) is 0.573. The Balaban J connectivity index is 1.61. The lowest BCUT2D eigenvalue weighted by Gasteiger charge is -2.20. The molecular formula is C23H29ClN4O4. The van der Waals surface area contributed by atoms with Gasteiger partial charge in [0.15, 0.2) is 11.5 Å².